The van der Waals surface area contributed by atoms with E-state index in [2.05, 4.69) is 5.32 Å². The van der Waals surface area contributed by atoms with Crippen LogP contribution >= 0.6 is 0 Å². The molecular formula is C23H19FN2O3. The van der Waals surface area contributed by atoms with Crippen LogP contribution < -0.4 is 10.2 Å². The molecule has 0 saturated carbocycles. The highest BCUT2D eigenvalue weighted by atomic mass is 19.1. The highest BCUT2D eigenvalue weighted by Gasteiger charge is 2.52. The van der Waals surface area contributed by atoms with Crippen LogP contribution in [-0.4, -0.2) is 24.0 Å². The Kier molecular flexibility index (Phi) is 5.35. The fourth-order valence-electron chi connectivity index (χ4n) is 3.09. The van der Waals surface area contributed by atoms with Gasteiger partial charge in [-0.3, -0.25) is 9.59 Å². The van der Waals surface area contributed by atoms with E-state index in [1.165, 1.54) is 18.2 Å². The molecule has 1 aliphatic heterocycles. The molecule has 5 nitrogen and oxygen atoms in total. The molecule has 1 saturated heterocycles. The molecule has 6 heteroatoms. The van der Waals surface area contributed by atoms with Crippen molar-refractivity contribution in [2.45, 2.75) is 18.8 Å². The maximum absolute atomic E-state index is 13.8. The van der Waals surface area contributed by atoms with Crippen molar-refractivity contribution in [1.82, 2.24) is 0 Å². The van der Waals surface area contributed by atoms with Gasteiger partial charge in [-0.1, -0.05) is 60.7 Å². The molecule has 1 N–H and O–H groups in total. The lowest BCUT2D eigenvalue weighted by molar-refractivity contribution is -0.120. The molecule has 146 valence electrons. The standard InChI is InChI=1S/C23H19FN2O3/c24-18-13-7-8-14-19(18)25-22(27)20-21(29-20)23(28)26(17-11-5-2-6-12-17)15-16-9-3-1-4-10-16/h1-14,20-21H,15H2,(H,25,27)/t20-,21-/m0/s1. The van der Waals surface area contributed by atoms with Gasteiger partial charge in [0.25, 0.3) is 11.8 Å². The first-order chi connectivity index (χ1) is 14.1. The molecule has 2 amide bonds. The molecule has 0 aromatic heterocycles. The highest BCUT2D eigenvalue weighted by molar-refractivity contribution is 6.06. The monoisotopic (exact) mass is 390 g/mol. The molecule has 0 aliphatic carbocycles. The second-order valence-electron chi connectivity index (χ2n) is 6.69. The van der Waals surface area contributed by atoms with Crippen LogP contribution in [0.1, 0.15) is 5.56 Å². The number of carbonyl (C=O) groups excluding carboxylic acids is 2. The Labute approximate surface area is 167 Å². The van der Waals surface area contributed by atoms with Gasteiger partial charge in [0.2, 0.25) is 0 Å². The fraction of sp³-hybridized carbons (Fsp3) is 0.130. The van der Waals surface area contributed by atoms with Crippen molar-refractivity contribution >= 4 is 23.2 Å². The molecule has 0 bridgehead atoms. The minimum atomic E-state index is -0.941. The zero-order chi connectivity index (χ0) is 20.2. The lowest BCUT2D eigenvalue weighted by atomic mass is 10.1. The van der Waals surface area contributed by atoms with Crippen molar-refractivity contribution in [1.29, 1.82) is 0 Å². The molecular weight excluding hydrogens is 371 g/mol. The Balaban J connectivity index is 1.48. The van der Waals surface area contributed by atoms with Gasteiger partial charge in [0, 0.05) is 5.69 Å². The van der Waals surface area contributed by atoms with Crippen molar-refractivity contribution in [3.05, 3.63) is 96.3 Å². The molecule has 0 spiro atoms. The van der Waals surface area contributed by atoms with Crippen molar-refractivity contribution in [3.63, 3.8) is 0 Å². The summed E-state index contributed by atoms with van der Waals surface area (Å²) in [5, 5.41) is 2.48. The average molecular weight is 390 g/mol. The maximum Gasteiger partial charge on any atom is 0.259 e. The Morgan fingerprint density at radius 1 is 0.862 bits per heavy atom. The van der Waals surface area contributed by atoms with E-state index in [1.807, 2.05) is 60.7 Å². The van der Waals surface area contributed by atoms with Gasteiger partial charge in [-0.25, -0.2) is 4.39 Å². The lowest BCUT2D eigenvalue weighted by Gasteiger charge is -2.22. The van der Waals surface area contributed by atoms with E-state index in [1.54, 1.807) is 11.0 Å². The molecule has 1 heterocycles. The number of carbonyl (C=O) groups is 2. The second kappa shape index (κ2) is 8.24. The quantitative estimate of drug-likeness (QED) is 0.652. The first-order valence-corrected chi connectivity index (χ1v) is 9.25. The largest absolute Gasteiger partial charge is 0.349 e. The number of epoxide rings is 1. The van der Waals surface area contributed by atoms with Crippen LogP contribution in [-0.2, 0) is 20.9 Å². The zero-order valence-corrected chi connectivity index (χ0v) is 15.5. The molecule has 3 aromatic rings. The van der Waals surface area contributed by atoms with Crippen LogP contribution in [0.25, 0.3) is 0 Å². The van der Waals surface area contributed by atoms with Crippen LogP contribution in [0.2, 0.25) is 0 Å². The third-order valence-corrected chi connectivity index (χ3v) is 4.64. The fourth-order valence-corrected chi connectivity index (χ4v) is 3.09. The minimum absolute atomic E-state index is 0.0587. The average Bonchev–Trinajstić information content (AvgIpc) is 3.56. The Bertz CT molecular complexity index is 1010. The zero-order valence-electron chi connectivity index (χ0n) is 15.5. The Hall–Kier alpha value is -3.51. The third-order valence-electron chi connectivity index (χ3n) is 4.64. The first-order valence-electron chi connectivity index (χ1n) is 9.25. The van der Waals surface area contributed by atoms with E-state index in [-0.39, 0.29) is 11.6 Å². The maximum atomic E-state index is 13.8. The molecule has 3 aromatic carbocycles. The predicted molar refractivity (Wildman–Crippen MR) is 108 cm³/mol. The summed E-state index contributed by atoms with van der Waals surface area (Å²) in [6.45, 7) is 0.352. The number of nitrogens with one attached hydrogen (secondary N) is 1. The van der Waals surface area contributed by atoms with Gasteiger partial charge < -0.3 is 15.0 Å². The highest BCUT2D eigenvalue weighted by Crippen LogP contribution is 2.29. The summed E-state index contributed by atoms with van der Waals surface area (Å²) in [4.78, 5) is 27.1. The van der Waals surface area contributed by atoms with Crippen LogP contribution in [0.5, 0.6) is 0 Å². The van der Waals surface area contributed by atoms with Gasteiger partial charge in [-0.2, -0.15) is 0 Å². The number of amides is 2. The summed E-state index contributed by atoms with van der Waals surface area (Å²) in [5.41, 5.74) is 1.73. The second-order valence-corrected chi connectivity index (χ2v) is 6.69. The molecule has 4 rings (SSSR count). The minimum Gasteiger partial charge on any atom is -0.349 e. The summed E-state index contributed by atoms with van der Waals surface area (Å²) in [6, 6.07) is 24.7. The van der Waals surface area contributed by atoms with Crippen LogP contribution in [0.15, 0.2) is 84.9 Å². The number of nitrogens with zero attached hydrogens (tertiary/aromatic N) is 1. The number of para-hydroxylation sites is 2. The van der Waals surface area contributed by atoms with Crippen LogP contribution in [0.4, 0.5) is 15.8 Å². The normalized spacial score (nSPS) is 17.4. The molecule has 1 fully saturated rings. The molecule has 1 aliphatic rings. The number of ether oxygens (including phenoxy) is 1. The number of benzene rings is 3. The number of hydrogen-bond acceptors (Lipinski definition) is 3. The van der Waals surface area contributed by atoms with E-state index < -0.39 is 23.9 Å². The molecule has 2 atom stereocenters. The van der Waals surface area contributed by atoms with Crippen LogP contribution in [0.3, 0.4) is 0 Å². The lowest BCUT2D eigenvalue weighted by Crippen LogP contribution is -2.36. The van der Waals surface area contributed by atoms with Gasteiger partial charge >= 0.3 is 0 Å². The number of hydrogen-bond donors (Lipinski definition) is 1. The summed E-state index contributed by atoms with van der Waals surface area (Å²) < 4.78 is 19.1. The van der Waals surface area contributed by atoms with E-state index in [0.29, 0.717) is 12.2 Å². The summed E-state index contributed by atoms with van der Waals surface area (Å²) in [7, 11) is 0. The SMILES string of the molecule is O=C(Nc1ccccc1F)[C@H]1O[C@@H]1C(=O)N(Cc1ccccc1)c1ccccc1. The smallest absolute Gasteiger partial charge is 0.259 e. The van der Waals surface area contributed by atoms with Crippen molar-refractivity contribution < 1.29 is 18.7 Å². The summed E-state index contributed by atoms with van der Waals surface area (Å²) in [6.07, 6.45) is -1.84. The molecule has 0 radical (unpaired) electrons. The summed E-state index contributed by atoms with van der Waals surface area (Å²) in [5.74, 6) is -1.39. The Morgan fingerprint density at radius 2 is 1.48 bits per heavy atom. The van der Waals surface area contributed by atoms with E-state index in [9.17, 15) is 14.0 Å². The van der Waals surface area contributed by atoms with E-state index in [0.717, 1.165) is 5.56 Å². The topological polar surface area (TPSA) is 61.9 Å². The van der Waals surface area contributed by atoms with Gasteiger partial charge in [0.15, 0.2) is 12.2 Å². The van der Waals surface area contributed by atoms with Crippen molar-refractivity contribution in [2.24, 2.45) is 0 Å². The molecule has 29 heavy (non-hydrogen) atoms. The van der Waals surface area contributed by atoms with E-state index in [4.69, 9.17) is 4.74 Å². The van der Waals surface area contributed by atoms with Gasteiger partial charge in [-0.15, -0.1) is 0 Å². The van der Waals surface area contributed by atoms with Crippen molar-refractivity contribution in [3.8, 4) is 0 Å². The van der Waals surface area contributed by atoms with Crippen molar-refractivity contribution in [2.75, 3.05) is 10.2 Å². The first kappa shape index (κ1) is 18.8. The van der Waals surface area contributed by atoms with Gasteiger partial charge in [0.1, 0.15) is 5.82 Å². The Morgan fingerprint density at radius 3 is 2.17 bits per heavy atom. The summed E-state index contributed by atoms with van der Waals surface area (Å²) >= 11 is 0. The van der Waals surface area contributed by atoms with Gasteiger partial charge in [-0.05, 0) is 29.8 Å². The molecule has 0 unspecified atom stereocenters. The predicted octanol–water partition coefficient (Wildman–Crippen LogP) is 3.77. The van der Waals surface area contributed by atoms with Gasteiger partial charge in [0.05, 0.1) is 12.2 Å². The number of rotatable bonds is 6. The number of anilines is 2. The number of halogens is 1. The van der Waals surface area contributed by atoms with E-state index >= 15 is 0 Å². The third kappa shape index (κ3) is 4.33. The van der Waals surface area contributed by atoms with Crippen LogP contribution in [0, 0.1) is 5.82 Å².